The summed E-state index contributed by atoms with van der Waals surface area (Å²) < 4.78 is 5.55. The predicted octanol–water partition coefficient (Wildman–Crippen LogP) is -0.0369. The van der Waals surface area contributed by atoms with Crippen LogP contribution in [-0.4, -0.2) is 77.3 Å². The van der Waals surface area contributed by atoms with E-state index in [0.717, 1.165) is 25.9 Å². The van der Waals surface area contributed by atoms with Crippen LogP contribution in [0.4, 0.5) is 5.82 Å². The van der Waals surface area contributed by atoms with Crippen molar-refractivity contribution in [2.75, 3.05) is 51.7 Å². The monoisotopic (exact) mass is 320 g/mol. The van der Waals surface area contributed by atoms with E-state index >= 15 is 0 Å². The molecule has 3 heterocycles. The third-order valence-electron chi connectivity index (χ3n) is 4.39. The van der Waals surface area contributed by atoms with Crippen LogP contribution in [0.1, 0.15) is 23.2 Å². The van der Waals surface area contributed by atoms with E-state index in [1.54, 1.807) is 17.0 Å². The second kappa shape index (κ2) is 6.82. The maximum Gasteiger partial charge on any atom is 0.254 e. The highest BCUT2D eigenvalue weighted by atomic mass is 16.5. The second-order valence-corrected chi connectivity index (χ2v) is 6.46. The number of nitrogen functional groups attached to an aromatic ring is 1. The Bertz CT molecular complexity index is 562. The van der Waals surface area contributed by atoms with Crippen molar-refractivity contribution in [2.45, 2.75) is 18.4 Å². The fraction of sp³-hybridized carbons (Fsp3) is 0.625. The SMILES string of the molecule is Nc1cc(C(=O)N2CCOC[C@](O)(CN3CCCC3)C2)ccn1. The third kappa shape index (κ3) is 3.99. The Morgan fingerprint density at radius 2 is 2.17 bits per heavy atom. The number of carbonyl (C=O) groups excluding carboxylic acids is 1. The van der Waals surface area contributed by atoms with E-state index in [2.05, 4.69) is 9.88 Å². The number of likely N-dealkylation sites (tertiary alicyclic amines) is 1. The Morgan fingerprint density at radius 1 is 1.39 bits per heavy atom. The van der Waals surface area contributed by atoms with Crippen LogP contribution in [0, 0.1) is 0 Å². The van der Waals surface area contributed by atoms with E-state index in [1.807, 2.05) is 0 Å². The highest BCUT2D eigenvalue weighted by Gasteiger charge is 2.36. The maximum atomic E-state index is 12.7. The summed E-state index contributed by atoms with van der Waals surface area (Å²) in [6.07, 6.45) is 3.85. The lowest BCUT2D eigenvalue weighted by Gasteiger charge is -2.34. The van der Waals surface area contributed by atoms with Gasteiger partial charge in [0.2, 0.25) is 0 Å². The Morgan fingerprint density at radius 3 is 2.91 bits per heavy atom. The molecule has 2 fully saturated rings. The molecule has 0 bridgehead atoms. The Kier molecular flexibility index (Phi) is 4.79. The number of hydrogen-bond donors (Lipinski definition) is 2. The lowest BCUT2D eigenvalue weighted by atomic mass is 10.0. The van der Waals surface area contributed by atoms with Gasteiger partial charge < -0.3 is 25.4 Å². The van der Waals surface area contributed by atoms with E-state index in [9.17, 15) is 9.90 Å². The van der Waals surface area contributed by atoms with Gasteiger partial charge in [0.05, 0.1) is 19.8 Å². The molecule has 2 aliphatic rings. The van der Waals surface area contributed by atoms with Crippen molar-refractivity contribution in [3.63, 3.8) is 0 Å². The molecular formula is C16H24N4O3. The van der Waals surface area contributed by atoms with Crippen LogP contribution in [0.3, 0.4) is 0 Å². The van der Waals surface area contributed by atoms with E-state index in [1.165, 1.54) is 6.20 Å². The average Bonchev–Trinajstić information content (AvgIpc) is 2.94. The largest absolute Gasteiger partial charge is 0.384 e. The summed E-state index contributed by atoms with van der Waals surface area (Å²) in [5.74, 6) is 0.165. The molecular weight excluding hydrogens is 296 g/mol. The normalized spacial score (nSPS) is 26.2. The molecule has 23 heavy (non-hydrogen) atoms. The number of anilines is 1. The molecule has 7 heteroatoms. The number of carbonyl (C=O) groups is 1. The minimum Gasteiger partial charge on any atom is -0.384 e. The molecule has 126 valence electrons. The summed E-state index contributed by atoms with van der Waals surface area (Å²) in [4.78, 5) is 20.5. The average molecular weight is 320 g/mol. The van der Waals surface area contributed by atoms with Crippen LogP contribution in [0.25, 0.3) is 0 Å². The van der Waals surface area contributed by atoms with Crippen LogP contribution in [-0.2, 0) is 4.74 Å². The van der Waals surface area contributed by atoms with Crippen LogP contribution < -0.4 is 5.73 Å². The Balaban J connectivity index is 1.72. The quantitative estimate of drug-likeness (QED) is 0.812. The number of pyridine rings is 1. The minimum absolute atomic E-state index is 0.149. The first-order valence-corrected chi connectivity index (χ1v) is 8.09. The molecule has 7 nitrogen and oxygen atoms in total. The van der Waals surface area contributed by atoms with Gasteiger partial charge in [-0.3, -0.25) is 4.79 Å². The number of aromatic nitrogens is 1. The van der Waals surface area contributed by atoms with Crippen molar-refractivity contribution in [1.82, 2.24) is 14.8 Å². The van der Waals surface area contributed by atoms with E-state index in [-0.39, 0.29) is 19.1 Å². The highest BCUT2D eigenvalue weighted by Crippen LogP contribution is 2.19. The number of nitrogens with two attached hydrogens (primary N) is 1. The van der Waals surface area contributed by atoms with Gasteiger partial charge in [-0.2, -0.15) is 0 Å². The molecule has 2 saturated heterocycles. The zero-order chi connectivity index (χ0) is 16.3. The van der Waals surface area contributed by atoms with Crippen molar-refractivity contribution in [3.8, 4) is 0 Å². The third-order valence-corrected chi connectivity index (χ3v) is 4.39. The number of nitrogens with zero attached hydrogens (tertiary/aromatic N) is 3. The maximum absolute atomic E-state index is 12.7. The highest BCUT2D eigenvalue weighted by molar-refractivity contribution is 5.94. The first kappa shape index (κ1) is 16.2. The van der Waals surface area contributed by atoms with Gasteiger partial charge in [0.1, 0.15) is 11.4 Å². The van der Waals surface area contributed by atoms with Crippen LogP contribution >= 0.6 is 0 Å². The molecule has 0 saturated carbocycles. The molecule has 2 aliphatic heterocycles. The molecule has 0 radical (unpaired) electrons. The van der Waals surface area contributed by atoms with E-state index in [4.69, 9.17) is 10.5 Å². The van der Waals surface area contributed by atoms with Gasteiger partial charge in [-0.1, -0.05) is 0 Å². The molecule has 0 aliphatic carbocycles. The molecule has 3 N–H and O–H groups in total. The van der Waals surface area contributed by atoms with Gasteiger partial charge in [0.25, 0.3) is 5.91 Å². The molecule has 0 aromatic carbocycles. The molecule has 1 amide bonds. The van der Waals surface area contributed by atoms with Gasteiger partial charge in [-0.15, -0.1) is 0 Å². The number of amides is 1. The van der Waals surface area contributed by atoms with E-state index < -0.39 is 5.60 Å². The lowest BCUT2D eigenvalue weighted by Crippen LogP contribution is -2.53. The zero-order valence-corrected chi connectivity index (χ0v) is 13.3. The summed E-state index contributed by atoms with van der Waals surface area (Å²) in [5, 5.41) is 10.9. The Labute approximate surface area is 136 Å². The number of aliphatic hydroxyl groups is 1. The van der Waals surface area contributed by atoms with Gasteiger partial charge >= 0.3 is 0 Å². The zero-order valence-electron chi connectivity index (χ0n) is 13.3. The van der Waals surface area contributed by atoms with E-state index in [0.29, 0.717) is 31.1 Å². The smallest absolute Gasteiger partial charge is 0.254 e. The van der Waals surface area contributed by atoms with Crippen molar-refractivity contribution in [3.05, 3.63) is 23.9 Å². The number of rotatable bonds is 3. The van der Waals surface area contributed by atoms with Crippen LogP contribution in [0.2, 0.25) is 0 Å². The molecule has 0 spiro atoms. The molecule has 1 aromatic heterocycles. The fourth-order valence-electron chi connectivity index (χ4n) is 3.31. The first-order valence-electron chi connectivity index (χ1n) is 8.09. The predicted molar refractivity (Wildman–Crippen MR) is 86.0 cm³/mol. The number of hydrogen-bond acceptors (Lipinski definition) is 6. The Hall–Kier alpha value is -1.70. The summed E-state index contributed by atoms with van der Waals surface area (Å²) in [5.41, 5.74) is 5.11. The molecule has 1 atom stereocenters. The van der Waals surface area contributed by atoms with Gasteiger partial charge in [-0.25, -0.2) is 4.98 Å². The molecule has 3 rings (SSSR count). The number of β-amino-alcohol motifs (C(OH)–C–C–N with tert-alkyl or cyclic N) is 1. The fourth-order valence-corrected chi connectivity index (χ4v) is 3.31. The van der Waals surface area contributed by atoms with Crippen molar-refractivity contribution in [1.29, 1.82) is 0 Å². The van der Waals surface area contributed by atoms with Gasteiger partial charge in [-0.05, 0) is 38.1 Å². The summed E-state index contributed by atoms with van der Waals surface area (Å²) in [7, 11) is 0. The first-order chi connectivity index (χ1) is 11.1. The summed E-state index contributed by atoms with van der Waals surface area (Å²) in [6.45, 7) is 3.94. The van der Waals surface area contributed by atoms with Crippen molar-refractivity contribution < 1.29 is 14.6 Å². The standard InChI is InChI=1S/C16H24N4O3/c17-14-9-13(3-4-18-14)15(21)20-7-8-23-12-16(22,11-20)10-19-5-1-2-6-19/h3-4,9,22H,1-2,5-8,10-12H2,(H2,17,18)/t16-/m0/s1. The summed E-state index contributed by atoms with van der Waals surface area (Å²) in [6, 6.07) is 3.21. The van der Waals surface area contributed by atoms with Gasteiger partial charge in [0, 0.05) is 24.8 Å². The minimum atomic E-state index is -1.03. The summed E-state index contributed by atoms with van der Waals surface area (Å²) >= 11 is 0. The van der Waals surface area contributed by atoms with Crippen molar-refractivity contribution in [2.24, 2.45) is 0 Å². The number of ether oxygens (including phenoxy) is 1. The lowest BCUT2D eigenvalue weighted by molar-refractivity contribution is -0.0524. The topological polar surface area (TPSA) is 91.9 Å². The van der Waals surface area contributed by atoms with Crippen LogP contribution in [0.5, 0.6) is 0 Å². The van der Waals surface area contributed by atoms with Gasteiger partial charge in [0.15, 0.2) is 0 Å². The second-order valence-electron chi connectivity index (χ2n) is 6.46. The van der Waals surface area contributed by atoms with Crippen LogP contribution in [0.15, 0.2) is 18.3 Å². The van der Waals surface area contributed by atoms with Crippen molar-refractivity contribution >= 4 is 11.7 Å². The molecule has 1 aromatic rings. The molecule has 0 unspecified atom stereocenters.